The summed E-state index contributed by atoms with van der Waals surface area (Å²) in [5.74, 6) is -18.1. The highest BCUT2D eigenvalue weighted by atomic mass is 19.4. The Bertz CT molecular complexity index is 645. The van der Waals surface area contributed by atoms with Crippen molar-refractivity contribution in [2.75, 3.05) is 0 Å². The molecule has 0 saturated carbocycles. The van der Waals surface area contributed by atoms with Crippen LogP contribution in [0.2, 0.25) is 0 Å². The van der Waals surface area contributed by atoms with Crippen LogP contribution in [0.25, 0.3) is 6.08 Å². The van der Waals surface area contributed by atoms with Gasteiger partial charge in [0.1, 0.15) is 0 Å². The summed E-state index contributed by atoms with van der Waals surface area (Å²) < 4.78 is 90.1. The largest absolute Gasteiger partial charge is 0.460 e. The van der Waals surface area contributed by atoms with Crippen LogP contribution >= 0.6 is 0 Å². The summed E-state index contributed by atoms with van der Waals surface area (Å²) in [6, 6.07) is 6.23. The lowest BCUT2D eigenvalue weighted by Gasteiger charge is -2.25. The van der Waals surface area contributed by atoms with Gasteiger partial charge in [-0.2, -0.15) is 30.7 Å². The van der Waals surface area contributed by atoms with E-state index in [2.05, 4.69) is 4.74 Å². The first-order valence-electron chi connectivity index (χ1n) is 6.12. The number of hydrogen-bond acceptors (Lipinski definition) is 3. The van der Waals surface area contributed by atoms with Crippen molar-refractivity contribution in [2.24, 2.45) is 0 Å². The van der Waals surface area contributed by atoms with Gasteiger partial charge in [-0.3, -0.25) is 0 Å². The fourth-order valence-electron chi connectivity index (χ4n) is 1.34. The van der Waals surface area contributed by atoms with Crippen molar-refractivity contribution in [2.45, 2.75) is 24.9 Å². The van der Waals surface area contributed by atoms with Crippen LogP contribution in [0.5, 0.6) is 0 Å². The number of benzene rings is 1. The second-order valence-corrected chi connectivity index (χ2v) is 4.60. The van der Waals surface area contributed by atoms with E-state index in [1.165, 1.54) is 12.1 Å². The van der Waals surface area contributed by atoms with Gasteiger partial charge in [-0.15, -0.1) is 0 Å². The molecule has 132 valence electrons. The first-order valence-corrected chi connectivity index (χ1v) is 6.12. The van der Waals surface area contributed by atoms with Crippen LogP contribution in [0.3, 0.4) is 0 Å². The lowest BCUT2D eigenvalue weighted by atomic mass is 10.1. The Morgan fingerprint density at radius 3 is 1.92 bits per heavy atom. The van der Waals surface area contributed by atoms with Crippen LogP contribution in [-0.4, -0.2) is 30.0 Å². The molecular formula is C14H9F7O3. The molecule has 0 unspecified atom stereocenters. The van der Waals surface area contributed by atoms with Crippen LogP contribution in [0.1, 0.15) is 11.1 Å². The first-order chi connectivity index (χ1) is 10.8. The first kappa shape index (κ1) is 19.7. The number of alkyl halides is 7. The van der Waals surface area contributed by atoms with Crippen molar-refractivity contribution in [3.8, 4) is 0 Å². The predicted octanol–water partition coefficient (Wildman–Crippen LogP) is 3.91. The van der Waals surface area contributed by atoms with E-state index in [1.807, 2.05) is 0 Å². The smallest absolute Gasteiger partial charge is 0.385 e. The van der Waals surface area contributed by atoms with E-state index < -0.39 is 30.0 Å². The minimum Gasteiger partial charge on any atom is -0.385 e. The summed E-state index contributed by atoms with van der Waals surface area (Å²) in [6.07, 6.45) is -5.27. The zero-order chi connectivity index (χ0) is 18.8. The third-order valence-corrected chi connectivity index (χ3v) is 2.69. The normalized spacial score (nSPS) is 13.2. The monoisotopic (exact) mass is 358 g/mol. The van der Waals surface area contributed by atoms with Gasteiger partial charge in [0.05, 0.1) is 0 Å². The van der Waals surface area contributed by atoms with Gasteiger partial charge >= 0.3 is 30.0 Å². The Morgan fingerprint density at radius 2 is 1.46 bits per heavy atom. The molecule has 0 aliphatic carbocycles. The quantitative estimate of drug-likeness (QED) is 0.355. The molecule has 0 aliphatic heterocycles. The molecule has 0 aliphatic rings. The van der Waals surface area contributed by atoms with Gasteiger partial charge in [-0.25, -0.2) is 9.59 Å². The van der Waals surface area contributed by atoms with E-state index in [9.17, 15) is 40.3 Å². The van der Waals surface area contributed by atoms with E-state index in [-0.39, 0.29) is 0 Å². The summed E-state index contributed by atoms with van der Waals surface area (Å²) in [6.45, 7) is 1.75. The summed E-state index contributed by atoms with van der Waals surface area (Å²) in [5.41, 5.74) is 1.23. The fourth-order valence-corrected chi connectivity index (χ4v) is 1.34. The Morgan fingerprint density at radius 1 is 0.958 bits per heavy atom. The fraction of sp³-hybridized carbons (Fsp3) is 0.286. The molecule has 0 N–H and O–H groups in total. The summed E-state index contributed by atoms with van der Waals surface area (Å²) in [4.78, 5) is 21.9. The molecule has 0 fully saturated rings. The van der Waals surface area contributed by atoms with Gasteiger partial charge in [-0.1, -0.05) is 29.8 Å². The average Bonchev–Trinajstić information content (AvgIpc) is 2.45. The predicted molar refractivity (Wildman–Crippen MR) is 67.3 cm³/mol. The molecule has 0 bridgehead atoms. The molecule has 1 rings (SSSR count). The molecule has 0 radical (unpaired) electrons. The lowest BCUT2D eigenvalue weighted by molar-refractivity contribution is -0.347. The molecule has 0 spiro atoms. The van der Waals surface area contributed by atoms with Crippen LogP contribution in [0.4, 0.5) is 30.7 Å². The zero-order valence-electron chi connectivity index (χ0n) is 11.8. The second kappa shape index (κ2) is 6.62. The Balaban J connectivity index is 2.83. The maximum Gasteiger partial charge on any atom is 0.460 e. The molecule has 24 heavy (non-hydrogen) atoms. The van der Waals surface area contributed by atoms with Crippen LogP contribution in [0, 0.1) is 6.92 Å². The van der Waals surface area contributed by atoms with Gasteiger partial charge in [0.2, 0.25) is 0 Å². The second-order valence-electron chi connectivity index (χ2n) is 4.60. The third-order valence-electron chi connectivity index (χ3n) is 2.69. The van der Waals surface area contributed by atoms with Gasteiger partial charge in [-0.05, 0) is 18.6 Å². The van der Waals surface area contributed by atoms with Crippen molar-refractivity contribution in [3.05, 3.63) is 41.5 Å². The minimum absolute atomic E-state index is 0.373. The molecule has 0 aromatic heterocycles. The molecular weight excluding hydrogens is 349 g/mol. The van der Waals surface area contributed by atoms with Crippen molar-refractivity contribution in [1.29, 1.82) is 0 Å². The molecule has 1 aromatic carbocycles. The summed E-state index contributed by atoms with van der Waals surface area (Å²) in [7, 11) is 0. The summed E-state index contributed by atoms with van der Waals surface area (Å²) in [5, 5.41) is 0. The molecule has 10 heteroatoms. The summed E-state index contributed by atoms with van der Waals surface area (Å²) >= 11 is 0. The van der Waals surface area contributed by atoms with E-state index in [0.717, 1.165) is 11.6 Å². The zero-order valence-corrected chi connectivity index (χ0v) is 11.8. The van der Waals surface area contributed by atoms with E-state index in [0.29, 0.717) is 11.6 Å². The lowest BCUT2D eigenvalue weighted by Crippen LogP contribution is -2.56. The minimum atomic E-state index is -6.70. The maximum atomic E-state index is 12.9. The molecule has 0 atom stereocenters. The highest BCUT2D eigenvalue weighted by Gasteiger charge is 2.77. The van der Waals surface area contributed by atoms with Crippen molar-refractivity contribution >= 4 is 18.0 Å². The molecule has 0 saturated heterocycles. The van der Waals surface area contributed by atoms with E-state index >= 15 is 0 Å². The van der Waals surface area contributed by atoms with Gasteiger partial charge in [0.25, 0.3) is 0 Å². The number of rotatable bonds is 4. The molecule has 1 aromatic rings. The standard InChI is InChI=1S/C14H9F7O3/c1-8-2-4-9(5-3-8)6-7-10(22)24-11(23)12(15,16)13(17,18)14(19,20)21/h2-7H,1H3/b7-6+. The number of carbonyl (C=O) groups excluding carboxylic acids is 2. The number of ether oxygens (including phenoxy) is 1. The topological polar surface area (TPSA) is 43.4 Å². The Labute approximate surface area is 130 Å². The van der Waals surface area contributed by atoms with Crippen LogP contribution in [-0.2, 0) is 14.3 Å². The van der Waals surface area contributed by atoms with Gasteiger partial charge in [0, 0.05) is 6.08 Å². The Kier molecular flexibility index (Phi) is 5.42. The van der Waals surface area contributed by atoms with Gasteiger partial charge in [0.15, 0.2) is 0 Å². The van der Waals surface area contributed by atoms with Crippen molar-refractivity contribution in [1.82, 2.24) is 0 Å². The number of hydrogen-bond donors (Lipinski definition) is 0. The number of esters is 2. The van der Waals surface area contributed by atoms with Gasteiger partial charge < -0.3 is 4.74 Å². The molecule has 0 heterocycles. The highest BCUT2D eigenvalue weighted by molar-refractivity contribution is 5.97. The van der Waals surface area contributed by atoms with Crippen LogP contribution < -0.4 is 0 Å². The van der Waals surface area contributed by atoms with Crippen molar-refractivity contribution in [3.63, 3.8) is 0 Å². The molecule has 3 nitrogen and oxygen atoms in total. The van der Waals surface area contributed by atoms with Crippen molar-refractivity contribution < 1.29 is 45.1 Å². The average molecular weight is 358 g/mol. The number of carbonyl (C=O) groups is 2. The Hall–Kier alpha value is -2.39. The van der Waals surface area contributed by atoms with E-state index in [1.54, 1.807) is 19.1 Å². The third kappa shape index (κ3) is 4.12. The van der Waals surface area contributed by atoms with Crippen LogP contribution in [0.15, 0.2) is 30.3 Å². The number of halogens is 7. The molecule has 0 amide bonds. The van der Waals surface area contributed by atoms with E-state index in [4.69, 9.17) is 0 Å². The SMILES string of the molecule is Cc1ccc(/C=C/C(=O)OC(=O)C(F)(F)C(F)(F)C(F)(F)F)cc1. The number of aryl methyl sites for hydroxylation is 1. The highest BCUT2D eigenvalue weighted by Crippen LogP contribution is 2.46. The maximum absolute atomic E-state index is 12.9.